The third-order valence-corrected chi connectivity index (χ3v) is 3.62. The predicted octanol–water partition coefficient (Wildman–Crippen LogP) is 3.65. The van der Waals surface area contributed by atoms with Crippen molar-refractivity contribution in [2.45, 2.75) is 32.1 Å². The van der Waals surface area contributed by atoms with Gasteiger partial charge in [0.2, 0.25) is 0 Å². The molecule has 0 saturated heterocycles. The zero-order valence-corrected chi connectivity index (χ0v) is 10.8. The molecule has 0 bridgehead atoms. The summed E-state index contributed by atoms with van der Waals surface area (Å²) in [6, 6.07) is 5.58. The quantitative estimate of drug-likeness (QED) is 0.821. The lowest BCUT2D eigenvalue weighted by Crippen LogP contribution is -2.21. The van der Waals surface area contributed by atoms with Gasteiger partial charge in [0.1, 0.15) is 11.5 Å². The minimum absolute atomic E-state index is 0.149. The summed E-state index contributed by atoms with van der Waals surface area (Å²) >= 11 is 5.99. The summed E-state index contributed by atoms with van der Waals surface area (Å²) in [4.78, 5) is 11.8. The molecule has 2 rings (SSSR count). The maximum atomic E-state index is 11.8. The highest BCUT2D eigenvalue weighted by molar-refractivity contribution is 6.30. The zero-order chi connectivity index (χ0) is 12.3. The topological polar surface area (TPSA) is 26.3 Å². The van der Waals surface area contributed by atoms with Crippen molar-refractivity contribution in [2.75, 3.05) is 7.11 Å². The van der Waals surface area contributed by atoms with E-state index in [0.29, 0.717) is 10.8 Å². The minimum Gasteiger partial charge on any atom is -0.496 e. The third kappa shape index (κ3) is 3.01. The first-order chi connectivity index (χ1) is 8.20. The largest absolute Gasteiger partial charge is 0.496 e. The lowest BCUT2D eigenvalue weighted by Gasteiger charge is -2.21. The van der Waals surface area contributed by atoms with Crippen LogP contribution in [0.25, 0.3) is 0 Å². The van der Waals surface area contributed by atoms with Gasteiger partial charge in [0.05, 0.1) is 7.11 Å². The second-order valence-electron chi connectivity index (χ2n) is 4.57. The molecule has 17 heavy (non-hydrogen) atoms. The Hall–Kier alpha value is -1.02. The number of ether oxygens (including phenoxy) is 1. The van der Waals surface area contributed by atoms with Gasteiger partial charge in [-0.3, -0.25) is 4.79 Å². The van der Waals surface area contributed by atoms with Crippen LogP contribution in [0.4, 0.5) is 0 Å². The fraction of sp³-hybridized carbons (Fsp3) is 0.500. The second-order valence-corrected chi connectivity index (χ2v) is 5.01. The maximum absolute atomic E-state index is 11.8. The Morgan fingerprint density at radius 1 is 1.41 bits per heavy atom. The Balaban J connectivity index is 2.16. The molecule has 1 aliphatic carbocycles. The van der Waals surface area contributed by atoms with Crippen molar-refractivity contribution in [3.63, 3.8) is 0 Å². The van der Waals surface area contributed by atoms with Crippen LogP contribution in [0, 0.1) is 5.92 Å². The van der Waals surface area contributed by atoms with Crippen LogP contribution in [0.5, 0.6) is 5.75 Å². The van der Waals surface area contributed by atoms with E-state index in [1.54, 1.807) is 7.11 Å². The molecule has 1 saturated carbocycles. The molecule has 2 nitrogen and oxygen atoms in total. The second kappa shape index (κ2) is 5.54. The lowest BCUT2D eigenvalue weighted by atomic mass is 9.83. The highest BCUT2D eigenvalue weighted by Gasteiger charge is 2.23. The summed E-state index contributed by atoms with van der Waals surface area (Å²) in [5.41, 5.74) is 1.04. The predicted molar refractivity (Wildman–Crippen MR) is 68.7 cm³/mol. The number of hydrogen-bond donors (Lipinski definition) is 0. The first kappa shape index (κ1) is 12.4. The smallest absolute Gasteiger partial charge is 0.136 e. The average Bonchev–Trinajstić information content (AvgIpc) is 2.32. The van der Waals surface area contributed by atoms with Crippen LogP contribution < -0.4 is 4.74 Å². The first-order valence-electron chi connectivity index (χ1n) is 6.06. The number of benzene rings is 1. The Kier molecular flexibility index (Phi) is 4.06. The molecule has 0 N–H and O–H groups in total. The first-order valence-corrected chi connectivity index (χ1v) is 6.43. The van der Waals surface area contributed by atoms with Crippen LogP contribution in [-0.2, 0) is 11.2 Å². The van der Waals surface area contributed by atoms with Crippen molar-refractivity contribution in [1.29, 1.82) is 0 Å². The van der Waals surface area contributed by atoms with E-state index < -0.39 is 0 Å². The Bertz CT molecular complexity index is 415. The molecule has 0 amide bonds. The van der Waals surface area contributed by atoms with E-state index in [1.807, 2.05) is 18.2 Å². The van der Waals surface area contributed by atoms with E-state index in [-0.39, 0.29) is 5.92 Å². The van der Waals surface area contributed by atoms with E-state index in [0.717, 1.165) is 43.4 Å². The van der Waals surface area contributed by atoms with Gasteiger partial charge in [0.25, 0.3) is 0 Å². The number of Topliss-reactive ketones (excluding diaryl/α,β-unsaturated/α-hetero) is 1. The van der Waals surface area contributed by atoms with Crippen LogP contribution in [0.15, 0.2) is 18.2 Å². The normalized spacial score (nSPS) is 20.4. The van der Waals surface area contributed by atoms with E-state index in [4.69, 9.17) is 16.3 Å². The summed E-state index contributed by atoms with van der Waals surface area (Å²) in [6.07, 6.45) is 4.67. The molecule has 1 unspecified atom stereocenters. The Morgan fingerprint density at radius 2 is 2.24 bits per heavy atom. The SMILES string of the molecule is COc1ccc(Cl)cc1CC1CCCCC1=O. The van der Waals surface area contributed by atoms with Crippen molar-refractivity contribution in [3.05, 3.63) is 28.8 Å². The minimum atomic E-state index is 0.149. The van der Waals surface area contributed by atoms with Gasteiger partial charge in [-0.2, -0.15) is 0 Å². The van der Waals surface area contributed by atoms with Crippen LogP contribution in [0.1, 0.15) is 31.2 Å². The van der Waals surface area contributed by atoms with E-state index >= 15 is 0 Å². The summed E-state index contributed by atoms with van der Waals surface area (Å²) in [5, 5.41) is 0.698. The van der Waals surface area contributed by atoms with Crippen LogP contribution >= 0.6 is 11.6 Å². The molecule has 1 fully saturated rings. The van der Waals surface area contributed by atoms with Gasteiger partial charge in [0, 0.05) is 17.4 Å². The van der Waals surface area contributed by atoms with Crippen LogP contribution in [0.2, 0.25) is 5.02 Å². The summed E-state index contributed by atoms with van der Waals surface area (Å²) in [5.74, 6) is 1.36. The zero-order valence-electron chi connectivity index (χ0n) is 10.0. The Morgan fingerprint density at radius 3 is 2.94 bits per heavy atom. The highest BCUT2D eigenvalue weighted by Crippen LogP contribution is 2.29. The van der Waals surface area contributed by atoms with Crippen molar-refractivity contribution in [3.8, 4) is 5.75 Å². The van der Waals surface area contributed by atoms with Gasteiger partial charge < -0.3 is 4.74 Å². The molecular formula is C14H17ClO2. The number of methoxy groups -OCH3 is 1. The van der Waals surface area contributed by atoms with Crippen molar-refractivity contribution >= 4 is 17.4 Å². The molecule has 1 aromatic carbocycles. The summed E-state index contributed by atoms with van der Waals surface area (Å²) in [6.45, 7) is 0. The van der Waals surface area contributed by atoms with E-state index in [9.17, 15) is 4.79 Å². The molecule has 1 aromatic rings. The molecule has 0 radical (unpaired) electrons. The lowest BCUT2D eigenvalue weighted by molar-refractivity contribution is -0.124. The molecular weight excluding hydrogens is 236 g/mol. The van der Waals surface area contributed by atoms with Crippen molar-refractivity contribution in [1.82, 2.24) is 0 Å². The fourth-order valence-corrected chi connectivity index (χ4v) is 2.64. The Labute approximate surface area is 107 Å². The highest BCUT2D eigenvalue weighted by atomic mass is 35.5. The van der Waals surface area contributed by atoms with Gasteiger partial charge in [-0.15, -0.1) is 0 Å². The van der Waals surface area contributed by atoms with Gasteiger partial charge in [-0.25, -0.2) is 0 Å². The molecule has 0 heterocycles. The van der Waals surface area contributed by atoms with Gasteiger partial charge in [-0.05, 0) is 43.0 Å². The molecule has 92 valence electrons. The van der Waals surface area contributed by atoms with Gasteiger partial charge in [0.15, 0.2) is 0 Å². The number of rotatable bonds is 3. The number of ketones is 1. The monoisotopic (exact) mass is 252 g/mol. The van der Waals surface area contributed by atoms with Crippen molar-refractivity contribution in [2.24, 2.45) is 5.92 Å². The molecule has 1 atom stereocenters. The van der Waals surface area contributed by atoms with Crippen molar-refractivity contribution < 1.29 is 9.53 Å². The third-order valence-electron chi connectivity index (χ3n) is 3.39. The van der Waals surface area contributed by atoms with Gasteiger partial charge in [-0.1, -0.05) is 18.0 Å². The fourth-order valence-electron chi connectivity index (χ4n) is 2.44. The molecule has 0 aliphatic heterocycles. The van der Waals surface area contributed by atoms with E-state index in [2.05, 4.69) is 0 Å². The summed E-state index contributed by atoms with van der Waals surface area (Å²) < 4.78 is 5.31. The number of carbonyl (C=O) groups is 1. The molecule has 0 spiro atoms. The summed E-state index contributed by atoms with van der Waals surface area (Å²) in [7, 11) is 1.65. The average molecular weight is 253 g/mol. The molecule has 0 aromatic heterocycles. The van der Waals surface area contributed by atoms with E-state index in [1.165, 1.54) is 0 Å². The number of carbonyl (C=O) groups excluding carboxylic acids is 1. The molecule has 3 heteroatoms. The van der Waals surface area contributed by atoms with Gasteiger partial charge >= 0.3 is 0 Å². The van der Waals surface area contributed by atoms with Crippen LogP contribution in [-0.4, -0.2) is 12.9 Å². The molecule has 1 aliphatic rings. The maximum Gasteiger partial charge on any atom is 0.136 e. The number of halogens is 1. The number of hydrogen-bond acceptors (Lipinski definition) is 2. The standard InChI is InChI=1S/C14H17ClO2/c1-17-14-7-6-12(15)9-11(14)8-10-4-2-3-5-13(10)16/h6-7,9-10H,2-5,8H2,1H3. The van der Waals surface area contributed by atoms with Crippen LogP contribution in [0.3, 0.4) is 0 Å².